The first-order chi connectivity index (χ1) is 6.83. The molecular formula is C9H19N3S2. The highest BCUT2D eigenvalue weighted by atomic mass is 32.2. The largest absolute Gasteiger partial charge is 0.363 e. The second kappa shape index (κ2) is 7.31. The third-order valence-electron chi connectivity index (χ3n) is 2.15. The Balaban J connectivity index is 1.99. The maximum absolute atomic E-state index is 5.08. The molecule has 5 heteroatoms. The van der Waals surface area contributed by atoms with Gasteiger partial charge in [-0.05, 0) is 19.1 Å². The number of rotatable bonds is 4. The zero-order chi connectivity index (χ0) is 10.2. The Hall–Kier alpha value is -0.0000000000000000555. The predicted molar refractivity (Wildman–Crippen MR) is 68.0 cm³/mol. The molecule has 2 N–H and O–H groups in total. The van der Waals surface area contributed by atoms with E-state index in [0.29, 0.717) is 0 Å². The molecule has 0 aromatic rings. The van der Waals surface area contributed by atoms with Crippen LogP contribution in [0.15, 0.2) is 0 Å². The fraction of sp³-hybridized carbons (Fsp3) is 0.889. The minimum atomic E-state index is 0.777. The molecule has 0 aliphatic carbocycles. The lowest BCUT2D eigenvalue weighted by molar-refractivity contribution is 0.307. The lowest BCUT2D eigenvalue weighted by Gasteiger charge is -2.26. The summed E-state index contributed by atoms with van der Waals surface area (Å²) in [5, 5.41) is 7.06. The summed E-state index contributed by atoms with van der Waals surface area (Å²) >= 11 is 7.12. The van der Waals surface area contributed by atoms with Gasteiger partial charge >= 0.3 is 0 Å². The zero-order valence-corrected chi connectivity index (χ0v) is 10.3. The van der Waals surface area contributed by atoms with Crippen molar-refractivity contribution in [1.29, 1.82) is 0 Å². The third-order valence-corrected chi connectivity index (χ3v) is 3.39. The number of thiocarbonyl (C=S) groups is 1. The summed E-state index contributed by atoms with van der Waals surface area (Å²) < 4.78 is 0. The van der Waals surface area contributed by atoms with Crippen LogP contribution in [0.1, 0.15) is 6.92 Å². The van der Waals surface area contributed by atoms with Crippen molar-refractivity contribution in [2.45, 2.75) is 6.92 Å². The van der Waals surface area contributed by atoms with Crippen LogP contribution < -0.4 is 10.6 Å². The summed E-state index contributed by atoms with van der Waals surface area (Å²) in [5.41, 5.74) is 0. The molecule has 1 heterocycles. The van der Waals surface area contributed by atoms with Gasteiger partial charge in [0, 0.05) is 44.2 Å². The van der Waals surface area contributed by atoms with E-state index in [1.165, 1.54) is 24.6 Å². The second-order valence-electron chi connectivity index (χ2n) is 3.24. The Morgan fingerprint density at radius 2 is 2.07 bits per heavy atom. The van der Waals surface area contributed by atoms with Crippen LogP contribution in [0.3, 0.4) is 0 Å². The van der Waals surface area contributed by atoms with Crippen molar-refractivity contribution in [2.75, 3.05) is 44.2 Å². The summed E-state index contributed by atoms with van der Waals surface area (Å²) in [6.07, 6.45) is 0. The van der Waals surface area contributed by atoms with E-state index in [-0.39, 0.29) is 0 Å². The van der Waals surface area contributed by atoms with Gasteiger partial charge in [-0.25, -0.2) is 0 Å². The Labute approximate surface area is 96.0 Å². The van der Waals surface area contributed by atoms with E-state index >= 15 is 0 Å². The Bertz CT molecular complexity index is 169. The van der Waals surface area contributed by atoms with Gasteiger partial charge in [0.25, 0.3) is 0 Å². The second-order valence-corrected chi connectivity index (χ2v) is 4.87. The van der Waals surface area contributed by atoms with E-state index in [1.54, 1.807) is 0 Å². The third kappa shape index (κ3) is 5.02. The molecule has 1 fully saturated rings. The molecule has 0 amide bonds. The van der Waals surface area contributed by atoms with Crippen molar-refractivity contribution in [1.82, 2.24) is 15.5 Å². The van der Waals surface area contributed by atoms with Gasteiger partial charge in [-0.2, -0.15) is 11.8 Å². The fourth-order valence-corrected chi connectivity index (χ4v) is 2.60. The molecule has 0 saturated carbocycles. The summed E-state index contributed by atoms with van der Waals surface area (Å²) in [6.45, 7) is 7.45. The SMILES string of the molecule is CCNC(=S)NCCN1CCSCC1. The molecule has 0 aromatic carbocycles. The van der Waals surface area contributed by atoms with E-state index < -0.39 is 0 Å². The lowest BCUT2D eigenvalue weighted by atomic mass is 10.4. The molecule has 1 aliphatic heterocycles. The summed E-state index contributed by atoms with van der Waals surface area (Å²) in [7, 11) is 0. The van der Waals surface area contributed by atoms with Gasteiger partial charge in [-0.3, -0.25) is 4.90 Å². The van der Waals surface area contributed by atoms with Gasteiger partial charge < -0.3 is 10.6 Å². The lowest BCUT2D eigenvalue weighted by Crippen LogP contribution is -2.42. The number of hydrogen-bond acceptors (Lipinski definition) is 3. The van der Waals surface area contributed by atoms with Crippen LogP contribution in [-0.4, -0.2) is 54.2 Å². The van der Waals surface area contributed by atoms with Crippen molar-refractivity contribution in [3.05, 3.63) is 0 Å². The first-order valence-electron chi connectivity index (χ1n) is 5.14. The molecular weight excluding hydrogens is 214 g/mol. The van der Waals surface area contributed by atoms with Crippen molar-refractivity contribution in [3.63, 3.8) is 0 Å². The summed E-state index contributed by atoms with van der Waals surface area (Å²) in [4.78, 5) is 2.48. The number of nitrogens with one attached hydrogen (secondary N) is 2. The quantitative estimate of drug-likeness (QED) is 0.691. The predicted octanol–water partition coefficient (Wildman–Crippen LogP) is 0.519. The van der Waals surface area contributed by atoms with Crippen LogP contribution in [0, 0.1) is 0 Å². The molecule has 0 bridgehead atoms. The first kappa shape index (κ1) is 12.1. The minimum Gasteiger partial charge on any atom is -0.363 e. The van der Waals surface area contributed by atoms with Gasteiger partial charge in [0.15, 0.2) is 5.11 Å². The molecule has 0 radical (unpaired) electrons. The Kier molecular flexibility index (Phi) is 6.31. The van der Waals surface area contributed by atoms with Crippen molar-refractivity contribution in [3.8, 4) is 0 Å². The number of hydrogen-bond donors (Lipinski definition) is 2. The summed E-state index contributed by atoms with van der Waals surface area (Å²) in [6, 6.07) is 0. The molecule has 0 aromatic heterocycles. The number of thioether (sulfide) groups is 1. The standard InChI is InChI=1S/C9H19N3S2/c1-2-10-9(13)11-3-4-12-5-7-14-8-6-12/h2-8H2,1H3,(H2,10,11,13). The number of nitrogens with zero attached hydrogens (tertiary/aromatic N) is 1. The highest BCUT2D eigenvalue weighted by molar-refractivity contribution is 7.99. The molecule has 3 nitrogen and oxygen atoms in total. The van der Waals surface area contributed by atoms with Crippen LogP contribution in [0.2, 0.25) is 0 Å². The van der Waals surface area contributed by atoms with Gasteiger partial charge in [-0.15, -0.1) is 0 Å². The average molecular weight is 233 g/mol. The average Bonchev–Trinajstić information content (AvgIpc) is 2.20. The van der Waals surface area contributed by atoms with Crippen molar-refractivity contribution in [2.24, 2.45) is 0 Å². The van der Waals surface area contributed by atoms with Crippen LogP contribution >= 0.6 is 24.0 Å². The maximum Gasteiger partial charge on any atom is 0.166 e. The molecule has 0 spiro atoms. The van der Waals surface area contributed by atoms with Crippen molar-refractivity contribution < 1.29 is 0 Å². The minimum absolute atomic E-state index is 0.777. The first-order valence-corrected chi connectivity index (χ1v) is 6.71. The summed E-state index contributed by atoms with van der Waals surface area (Å²) in [5.74, 6) is 2.55. The zero-order valence-electron chi connectivity index (χ0n) is 8.71. The van der Waals surface area contributed by atoms with E-state index in [2.05, 4.69) is 22.5 Å². The van der Waals surface area contributed by atoms with Gasteiger partial charge in [0.2, 0.25) is 0 Å². The molecule has 1 aliphatic rings. The molecule has 1 rings (SSSR count). The smallest absolute Gasteiger partial charge is 0.166 e. The molecule has 14 heavy (non-hydrogen) atoms. The molecule has 82 valence electrons. The molecule has 1 saturated heterocycles. The van der Waals surface area contributed by atoms with E-state index in [0.717, 1.165) is 24.7 Å². The Morgan fingerprint density at radius 1 is 1.36 bits per heavy atom. The molecule has 0 unspecified atom stereocenters. The fourth-order valence-electron chi connectivity index (χ4n) is 1.38. The Morgan fingerprint density at radius 3 is 2.71 bits per heavy atom. The monoisotopic (exact) mass is 233 g/mol. The van der Waals surface area contributed by atoms with Gasteiger partial charge in [0.05, 0.1) is 0 Å². The van der Waals surface area contributed by atoms with Gasteiger partial charge in [0.1, 0.15) is 0 Å². The van der Waals surface area contributed by atoms with E-state index in [1.807, 2.05) is 11.8 Å². The maximum atomic E-state index is 5.08. The highest BCUT2D eigenvalue weighted by Crippen LogP contribution is 2.07. The van der Waals surface area contributed by atoms with Crippen LogP contribution in [0.5, 0.6) is 0 Å². The van der Waals surface area contributed by atoms with Crippen LogP contribution in [0.4, 0.5) is 0 Å². The van der Waals surface area contributed by atoms with Crippen molar-refractivity contribution >= 4 is 29.1 Å². The van der Waals surface area contributed by atoms with E-state index in [9.17, 15) is 0 Å². The topological polar surface area (TPSA) is 27.3 Å². The van der Waals surface area contributed by atoms with Crippen LogP contribution in [-0.2, 0) is 0 Å². The van der Waals surface area contributed by atoms with Crippen LogP contribution in [0.25, 0.3) is 0 Å². The highest BCUT2D eigenvalue weighted by Gasteiger charge is 2.09. The molecule has 0 atom stereocenters. The van der Waals surface area contributed by atoms with E-state index in [4.69, 9.17) is 12.2 Å². The normalized spacial score (nSPS) is 17.8. The van der Waals surface area contributed by atoms with Gasteiger partial charge in [-0.1, -0.05) is 0 Å².